The minimum atomic E-state index is -0.410. The summed E-state index contributed by atoms with van der Waals surface area (Å²) in [4.78, 5) is 21.9. The van der Waals surface area contributed by atoms with Crippen molar-refractivity contribution in [2.45, 2.75) is 58.0 Å². The van der Waals surface area contributed by atoms with E-state index in [1.54, 1.807) is 12.1 Å². The molecule has 0 aromatic heterocycles. The average molecular weight is 262 g/mol. The van der Waals surface area contributed by atoms with Crippen LogP contribution in [0.5, 0.6) is 0 Å². The third-order valence-electron chi connectivity index (χ3n) is 3.55. The Labute approximate surface area is 114 Å². The van der Waals surface area contributed by atoms with Gasteiger partial charge in [-0.2, -0.15) is 4.89 Å². The first kappa shape index (κ1) is 14.1. The molecule has 1 aliphatic rings. The van der Waals surface area contributed by atoms with E-state index in [0.717, 1.165) is 25.7 Å². The molecule has 19 heavy (non-hydrogen) atoms. The summed E-state index contributed by atoms with van der Waals surface area (Å²) in [6, 6.07) is 7.51. The van der Waals surface area contributed by atoms with Gasteiger partial charge in [0.15, 0.2) is 0 Å². The second kappa shape index (κ2) is 5.74. The van der Waals surface area contributed by atoms with E-state index in [1.807, 2.05) is 12.1 Å². The van der Waals surface area contributed by atoms with Crippen molar-refractivity contribution >= 4 is 5.97 Å². The molecule has 1 fully saturated rings. The van der Waals surface area contributed by atoms with Crippen LogP contribution >= 0.6 is 0 Å². The Bertz CT molecular complexity index is 422. The maximum Gasteiger partial charge on any atom is 0.373 e. The van der Waals surface area contributed by atoms with Crippen molar-refractivity contribution in [1.29, 1.82) is 0 Å². The minimum Gasteiger partial charge on any atom is -0.293 e. The molecule has 0 heterocycles. The van der Waals surface area contributed by atoms with E-state index >= 15 is 0 Å². The zero-order valence-corrected chi connectivity index (χ0v) is 11.9. The normalized spacial score (nSPS) is 16.6. The Hall–Kier alpha value is -1.35. The minimum absolute atomic E-state index is 0.0813. The fourth-order valence-electron chi connectivity index (χ4n) is 2.25. The van der Waals surface area contributed by atoms with Crippen LogP contribution in [0.3, 0.4) is 0 Å². The van der Waals surface area contributed by atoms with Crippen LogP contribution in [-0.2, 0) is 15.2 Å². The van der Waals surface area contributed by atoms with Crippen LogP contribution in [0.15, 0.2) is 24.3 Å². The summed E-state index contributed by atoms with van der Waals surface area (Å²) < 4.78 is 0. The molecule has 0 spiro atoms. The van der Waals surface area contributed by atoms with Crippen LogP contribution in [0.1, 0.15) is 62.4 Å². The van der Waals surface area contributed by atoms with E-state index in [0.29, 0.717) is 5.56 Å². The Morgan fingerprint density at radius 2 is 1.68 bits per heavy atom. The summed E-state index contributed by atoms with van der Waals surface area (Å²) in [5.74, 6) is -0.410. The molecule has 0 N–H and O–H groups in total. The molecule has 2 rings (SSSR count). The predicted octanol–water partition coefficient (Wildman–Crippen LogP) is 4.02. The molecular weight excluding hydrogens is 240 g/mol. The summed E-state index contributed by atoms with van der Waals surface area (Å²) in [6.07, 6.45) is 4.36. The number of carbonyl (C=O) groups excluding carboxylic acids is 1. The number of rotatable bonds is 3. The lowest BCUT2D eigenvalue weighted by molar-refractivity contribution is -0.272. The fraction of sp³-hybridized carbons (Fsp3) is 0.562. The zero-order valence-electron chi connectivity index (χ0n) is 11.9. The van der Waals surface area contributed by atoms with Crippen LogP contribution < -0.4 is 0 Å². The van der Waals surface area contributed by atoms with Gasteiger partial charge in [0.1, 0.15) is 6.10 Å². The van der Waals surface area contributed by atoms with Gasteiger partial charge >= 0.3 is 5.97 Å². The van der Waals surface area contributed by atoms with E-state index in [4.69, 9.17) is 9.78 Å². The molecule has 1 aliphatic carbocycles. The third kappa shape index (κ3) is 3.80. The van der Waals surface area contributed by atoms with Gasteiger partial charge in [-0.15, -0.1) is 0 Å². The molecule has 104 valence electrons. The smallest absolute Gasteiger partial charge is 0.293 e. The van der Waals surface area contributed by atoms with Gasteiger partial charge in [-0.25, -0.2) is 4.79 Å². The largest absolute Gasteiger partial charge is 0.373 e. The Kier molecular flexibility index (Phi) is 4.25. The summed E-state index contributed by atoms with van der Waals surface area (Å²) in [6.45, 7) is 6.43. The van der Waals surface area contributed by atoms with Gasteiger partial charge in [0.2, 0.25) is 0 Å². The van der Waals surface area contributed by atoms with Crippen molar-refractivity contribution in [3.05, 3.63) is 35.4 Å². The maximum absolute atomic E-state index is 11.8. The number of hydrogen-bond acceptors (Lipinski definition) is 3. The van der Waals surface area contributed by atoms with Crippen LogP contribution in [-0.4, -0.2) is 12.1 Å². The highest BCUT2D eigenvalue weighted by Gasteiger charge is 2.19. The molecule has 0 aliphatic heterocycles. The van der Waals surface area contributed by atoms with Crippen LogP contribution in [0.2, 0.25) is 0 Å². The van der Waals surface area contributed by atoms with Gasteiger partial charge < -0.3 is 0 Å². The number of benzene rings is 1. The van der Waals surface area contributed by atoms with Crippen molar-refractivity contribution in [2.24, 2.45) is 0 Å². The van der Waals surface area contributed by atoms with Gasteiger partial charge in [0.25, 0.3) is 0 Å². The lowest BCUT2D eigenvalue weighted by atomic mass is 9.87. The van der Waals surface area contributed by atoms with Crippen LogP contribution in [0.4, 0.5) is 0 Å². The standard InChI is InChI=1S/C16H22O3/c1-16(2,3)13-10-8-12(9-11-13)15(17)19-18-14-6-4-5-7-14/h8-11,14H,4-7H2,1-3H3. The highest BCUT2D eigenvalue weighted by Crippen LogP contribution is 2.23. The van der Waals surface area contributed by atoms with E-state index in [9.17, 15) is 4.79 Å². The monoisotopic (exact) mass is 262 g/mol. The van der Waals surface area contributed by atoms with E-state index < -0.39 is 5.97 Å². The lowest BCUT2D eigenvalue weighted by Gasteiger charge is -2.18. The molecule has 0 saturated heterocycles. The van der Waals surface area contributed by atoms with Crippen molar-refractivity contribution in [1.82, 2.24) is 0 Å². The van der Waals surface area contributed by atoms with E-state index in [-0.39, 0.29) is 11.5 Å². The summed E-state index contributed by atoms with van der Waals surface area (Å²) in [5.41, 5.74) is 1.81. The molecule has 1 aromatic rings. The maximum atomic E-state index is 11.8. The van der Waals surface area contributed by atoms with Crippen molar-refractivity contribution in [2.75, 3.05) is 0 Å². The van der Waals surface area contributed by atoms with E-state index in [1.165, 1.54) is 5.56 Å². The first-order chi connectivity index (χ1) is 8.97. The van der Waals surface area contributed by atoms with E-state index in [2.05, 4.69) is 20.8 Å². The summed E-state index contributed by atoms with van der Waals surface area (Å²) in [7, 11) is 0. The molecular formula is C16H22O3. The molecule has 3 heteroatoms. The highest BCUT2D eigenvalue weighted by molar-refractivity contribution is 5.88. The Balaban J connectivity index is 1.92. The molecule has 0 bridgehead atoms. The van der Waals surface area contributed by atoms with Crippen molar-refractivity contribution in [3.8, 4) is 0 Å². The topological polar surface area (TPSA) is 35.5 Å². The molecule has 0 atom stereocenters. The molecule has 0 unspecified atom stereocenters. The second-order valence-electron chi connectivity index (χ2n) is 6.20. The highest BCUT2D eigenvalue weighted by atomic mass is 17.2. The zero-order chi connectivity index (χ0) is 13.9. The Morgan fingerprint density at radius 1 is 1.11 bits per heavy atom. The van der Waals surface area contributed by atoms with Gasteiger partial charge in [-0.3, -0.25) is 4.89 Å². The van der Waals surface area contributed by atoms with Gasteiger partial charge in [0, 0.05) is 0 Å². The van der Waals surface area contributed by atoms with Gasteiger partial charge in [-0.05, 0) is 36.0 Å². The van der Waals surface area contributed by atoms with Crippen molar-refractivity contribution < 1.29 is 14.6 Å². The lowest BCUT2D eigenvalue weighted by Crippen LogP contribution is -2.14. The van der Waals surface area contributed by atoms with Crippen LogP contribution in [0, 0.1) is 0 Å². The fourth-order valence-corrected chi connectivity index (χ4v) is 2.25. The molecule has 3 nitrogen and oxygen atoms in total. The second-order valence-corrected chi connectivity index (χ2v) is 6.20. The quantitative estimate of drug-likeness (QED) is 0.609. The Morgan fingerprint density at radius 3 is 2.21 bits per heavy atom. The average Bonchev–Trinajstić information content (AvgIpc) is 2.88. The molecule has 0 amide bonds. The first-order valence-electron chi connectivity index (χ1n) is 6.95. The SMILES string of the molecule is CC(C)(C)c1ccc(C(=O)OOC2CCCC2)cc1. The molecule has 0 radical (unpaired) electrons. The third-order valence-corrected chi connectivity index (χ3v) is 3.55. The molecule has 1 aromatic carbocycles. The predicted molar refractivity (Wildman–Crippen MR) is 73.9 cm³/mol. The van der Waals surface area contributed by atoms with Crippen molar-refractivity contribution in [3.63, 3.8) is 0 Å². The molecule has 1 saturated carbocycles. The van der Waals surface area contributed by atoms with Crippen LogP contribution in [0.25, 0.3) is 0 Å². The van der Waals surface area contributed by atoms with Gasteiger partial charge in [0.05, 0.1) is 5.56 Å². The number of hydrogen-bond donors (Lipinski definition) is 0. The van der Waals surface area contributed by atoms with Gasteiger partial charge in [-0.1, -0.05) is 45.7 Å². The number of carbonyl (C=O) groups is 1. The summed E-state index contributed by atoms with van der Waals surface area (Å²) >= 11 is 0. The first-order valence-corrected chi connectivity index (χ1v) is 6.95. The summed E-state index contributed by atoms with van der Waals surface area (Å²) in [5, 5.41) is 0.